The van der Waals surface area contributed by atoms with Crippen LogP contribution in [0.4, 0.5) is 0 Å². The van der Waals surface area contributed by atoms with Gasteiger partial charge in [0.25, 0.3) is 5.91 Å². The number of nitrogens with zero attached hydrogens (tertiary/aromatic N) is 1. The van der Waals surface area contributed by atoms with Crippen LogP contribution in [0.1, 0.15) is 23.7 Å². The third-order valence-electron chi connectivity index (χ3n) is 3.99. The highest BCUT2D eigenvalue weighted by Gasteiger charge is 2.28. The molecule has 0 aromatic carbocycles. The molecule has 0 spiro atoms. The molecular weight excluding hydrogens is 370 g/mol. The highest BCUT2D eigenvalue weighted by atomic mass is 32.1. The topological polar surface area (TPSA) is 106 Å². The average Bonchev–Trinajstić information content (AvgIpc) is 3.39. The van der Waals surface area contributed by atoms with E-state index in [1.54, 1.807) is 23.7 Å². The van der Waals surface area contributed by atoms with Gasteiger partial charge in [-0.25, -0.2) is 4.98 Å². The molecule has 2 aromatic rings. The van der Waals surface area contributed by atoms with Crippen LogP contribution in [0, 0.1) is 0 Å². The van der Waals surface area contributed by atoms with Crippen LogP contribution in [-0.4, -0.2) is 53.7 Å². The number of H-pyrrole nitrogens is 1. The number of thiophene rings is 1. The fourth-order valence-corrected chi connectivity index (χ4v) is 3.41. The lowest BCUT2D eigenvalue weighted by Crippen LogP contribution is -2.33. The van der Waals surface area contributed by atoms with Gasteiger partial charge in [-0.3, -0.25) is 4.79 Å². The van der Waals surface area contributed by atoms with Crippen LogP contribution in [0.3, 0.4) is 0 Å². The lowest BCUT2D eigenvalue weighted by Gasteiger charge is -2.28. The Balaban J connectivity index is 1.60. The van der Waals surface area contributed by atoms with Crippen molar-refractivity contribution in [2.24, 2.45) is 0 Å². The maximum Gasteiger partial charge on any atom is 0.286 e. The van der Waals surface area contributed by atoms with Gasteiger partial charge in [0.1, 0.15) is 5.82 Å². The van der Waals surface area contributed by atoms with E-state index in [-0.39, 0.29) is 37.3 Å². The van der Waals surface area contributed by atoms with Gasteiger partial charge in [0, 0.05) is 24.7 Å². The molecule has 3 heterocycles. The number of aliphatic hydroxyl groups is 1. The number of amides is 1. The summed E-state index contributed by atoms with van der Waals surface area (Å²) in [6.07, 6.45) is 5.25. The summed E-state index contributed by atoms with van der Waals surface area (Å²) in [5, 5.41) is 15.6. The van der Waals surface area contributed by atoms with E-state index < -0.39 is 6.29 Å². The van der Waals surface area contributed by atoms with Crippen molar-refractivity contribution in [2.45, 2.75) is 25.2 Å². The number of hydrogen-bond acceptors (Lipinski definition) is 7. The summed E-state index contributed by atoms with van der Waals surface area (Å²) in [7, 11) is 0. The summed E-state index contributed by atoms with van der Waals surface area (Å²) < 4.78 is 16.7. The van der Waals surface area contributed by atoms with E-state index in [2.05, 4.69) is 20.7 Å². The molecule has 3 N–H and O–H groups in total. The van der Waals surface area contributed by atoms with Crippen LogP contribution in [0.5, 0.6) is 0 Å². The molecule has 0 aliphatic carbocycles. The van der Waals surface area contributed by atoms with Gasteiger partial charge in [-0.05, 0) is 28.5 Å². The number of imidazole rings is 1. The number of carbonyl (C=O) groups is 1. The highest BCUT2D eigenvalue weighted by molar-refractivity contribution is 7.08. The van der Waals surface area contributed by atoms with Crippen LogP contribution < -0.4 is 5.32 Å². The molecule has 0 saturated heterocycles. The Hall–Kier alpha value is -2.20. The summed E-state index contributed by atoms with van der Waals surface area (Å²) in [6.45, 7) is 1.21. The van der Waals surface area contributed by atoms with Crippen molar-refractivity contribution in [3.63, 3.8) is 0 Å². The summed E-state index contributed by atoms with van der Waals surface area (Å²) >= 11 is 1.61. The van der Waals surface area contributed by atoms with Crippen LogP contribution >= 0.6 is 11.3 Å². The number of ether oxygens (including phenoxy) is 3. The Kier molecular flexibility index (Phi) is 7.40. The lowest BCUT2D eigenvalue weighted by molar-refractivity contribution is -0.151. The van der Waals surface area contributed by atoms with Crippen molar-refractivity contribution in [3.05, 3.63) is 52.4 Å². The molecule has 1 aliphatic heterocycles. The first-order chi connectivity index (χ1) is 13.3. The van der Waals surface area contributed by atoms with Gasteiger partial charge in [0.2, 0.25) is 6.29 Å². The molecular formula is C18H23N3O5S. The van der Waals surface area contributed by atoms with E-state index in [0.29, 0.717) is 25.5 Å². The Morgan fingerprint density at radius 2 is 2.37 bits per heavy atom. The molecule has 1 aliphatic rings. The minimum absolute atomic E-state index is 0.0249. The molecule has 2 aromatic heterocycles. The molecule has 146 valence electrons. The monoisotopic (exact) mass is 393 g/mol. The third-order valence-corrected chi connectivity index (χ3v) is 4.69. The van der Waals surface area contributed by atoms with Crippen LogP contribution in [-0.2, 0) is 25.5 Å². The van der Waals surface area contributed by atoms with Crippen molar-refractivity contribution < 1.29 is 24.1 Å². The first-order valence-corrected chi connectivity index (χ1v) is 9.67. The number of aromatic nitrogens is 2. The van der Waals surface area contributed by atoms with Crippen LogP contribution in [0.2, 0.25) is 0 Å². The fraction of sp³-hybridized carbons (Fsp3) is 0.444. The molecule has 8 nitrogen and oxygen atoms in total. The van der Waals surface area contributed by atoms with Crippen molar-refractivity contribution in [2.75, 3.05) is 26.4 Å². The molecule has 1 amide bonds. The van der Waals surface area contributed by atoms with E-state index in [1.807, 2.05) is 17.5 Å². The Bertz CT molecular complexity index is 717. The van der Waals surface area contributed by atoms with E-state index in [1.165, 1.54) is 0 Å². The zero-order valence-corrected chi connectivity index (χ0v) is 15.6. The Morgan fingerprint density at radius 1 is 1.44 bits per heavy atom. The quantitative estimate of drug-likeness (QED) is 0.529. The second-order valence-corrected chi connectivity index (χ2v) is 6.68. The number of aromatic amines is 1. The molecule has 0 saturated carbocycles. The van der Waals surface area contributed by atoms with E-state index in [0.717, 1.165) is 5.56 Å². The van der Waals surface area contributed by atoms with Gasteiger partial charge < -0.3 is 29.6 Å². The van der Waals surface area contributed by atoms with E-state index >= 15 is 0 Å². The zero-order valence-electron chi connectivity index (χ0n) is 14.8. The standard InChI is InChI=1S/C18H23N3O5S/c22-4-5-24-6-7-25-17-10-14(13-1-8-27-12-13)9-15(26-17)18(23)21-11-16-19-2-3-20-16/h1-3,8-9,12,14,17,22H,4-7,10-11H2,(H,19,20)(H,21,23)/t14-,17+/m1/s1. The Morgan fingerprint density at radius 3 is 3.11 bits per heavy atom. The number of allylic oxidation sites excluding steroid dienone is 1. The predicted molar refractivity (Wildman–Crippen MR) is 98.9 cm³/mol. The summed E-state index contributed by atoms with van der Waals surface area (Å²) in [6, 6.07) is 2.04. The first-order valence-electron chi connectivity index (χ1n) is 8.73. The van der Waals surface area contributed by atoms with Gasteiger partial charge in [0.15, 0.2) is 5.76 Å². The molecule has 0 radical (unpaired) electrons. The Labute approximate surface area is 161 Å². The summed E-state index contributed by atoms with van der Waals surface area (Å²) in [4.78, 5) is 19.5. The molecule has 0 fully saturated rings. The normalized spacial score (nSPS) is 19.4. The maximum atomic E-state index is 12.5. The largest absolute Gasteiger partial charge is 0.459 e. The zero-order chi connectivity index (χ0) is 18.9. The number of hydrogen-bond donors (Lipinski definition) is 3. The fourth-order valence-electron chi connectivity index (χ4n) is 2.69. The third kappa shape index (κ3) is 5.90. The molecule has 2 atom stereocenters. The smallest absolute Gasteiger partial charge is 0.286 e. The molecule has 3 rings (SSSR count). The van der Waals surface area contributed by atoms with Gasteiger partial charge in [-0.15, -0.1) is 0 Å². The van der Waals surface area contributed by atoms with Crippen molar-refractivity contribution in [3.8, 4) is 0 Å². The van der Waals surface area contributed by atoms with E-state index in [9.17, 15) is 4.79 Å². The lowest BCUT2D eigenvalue weighted by atomic mass is 9.95. The maximum absolute atomic E-state index is 12.5. The van der Waals surface area contributed by atoms with Crippen molar-refractivity contribution in [1.82, 2.24) is 15.3 Å². The SMILES string of the molecule is O=C(NCc1ncc[nH]1)C1=C[C@@H](c2ccsc2)C[C@@H](OCCOCCO)O1. The number of carbonyl (C=O) groups excluding carboxylic acids is 1. The van der Waals surface area contributed by atoms with Gasteiger partial charge >= 0.3 is 0 Å². The molecule has 9 heteroatoms. The number of rotatable bonds is 10. The van der Waals surface area contributed by atoms with Gasteiger partial charge in [-0.1, -0.05) is 0 Å². The molecule has 0 unspecified atom stereocenters. The molecule has 0 bridgehead atoms. The first kappa shape index (κ1) is 19.6. The second kappa shape index (κ2) is 10.2. The minimum Gasteiger partial charge on any atom is -0.459 e. The average molecular weight is 393 g/mol. The highest BCUT2D eigenvalue weighted by Crippen LogP contribution is 2.32. The number of aliphatic hydroxyl groups excluding tert-OH is 1. The summed E-state index contributed by atoms with van der Waals surface area (Å²) in [5.41, 5.74) is 1.13. The van der Waals surface area contributed by atoms with Crippen molar-refractivity contribution in [1.29, 1.82) is 0 Å². The van der Waals surface area contributed by atoms with Gasteiger partial charge in [0.05, 0.1) is 33.0 Å². The molecule has 27 heavy (non-hydrogen) atoms. The van der Waals surface area contributed by atoms with E-state index in [4.69, 9.17) is 19.3 Å². The van der Waals surface area contributed by atoms with Crippen LogP contribution in [0.25, 0.3) is 0 Å². The van der Waals surface area contributed by atoms with Gasteiger partial charge in [-0.2, -0.15) is 11.3 Å². The predicted octanol–water partition coefficient (Wildman–Crippen LogP) is 1.53. The van der Waals surface area contributed by atoms with Crippen LogP contribution in [0.15, 0.2) is 41.1 Å². The van der Waals surface area contributed by atoms with Crippen molar-refractivity contribution >= 4 is 17.2 Å². The second-order valence-electron chi connectivity index (χ2n) is 5.90. The summed E-state index contributed by atoms with van der Waals surface area (Å²) in [5.74, 6) is 0.641. The minimum atomic E-state index is -0.540. The number of nitrogens with one attached hydrogen (secondary N) is 2.